The lowest BCUT2D eigenvalue weighted by Gasteiger charge is -2.11. The third-order valence-corrected chi connectivity index (χ3v) is 2.69. The number of rotatable bonds is 5. The molecule has 1 amide bonds. The van der Waals surface area contributed by atoms with Crippen molar-refractivity contribution in [2.45, 2.75) is 32.9 Å². The van der Waals surface area contributed by atoms with E-state index in [2.05, 4.69) is 5.32 Å². The fourth-order valence-corrected chi connectivity index (χ4v) is 1.61. The minimum atomic E-state index is -0.127. The molecule has 0 aliphatic rings. The maximum absolute atomic E-state index is 11.8. The van der Waals surface area contributed by atoms with Gasteiger partial charge < -0.3 is 15.6 Å². The molecule has 1 unspecified atom stereocenters. The summed E-state index contributed by atoms with van der Waals surface area (Å²) >= 11 is 5.85. The van der Waals surface area contributed by atoms with E-state index < -0.39 is 0 Å². The number of aromatic nitrogens is 1. The van der Waals surface area contributed by atoms with Gasteiger partial charge in [0.15, 0.2) is 0 Å². The molecule has 4 nitrogen and oxygen atoms in total. The summed E-state index contributed by atoms with van der Waals surface area (Å²) in [6, 6.07) is 1.67. The maximum atomic E-state index is 11.8. The zero-order valence-electron chi connectivity index (χ0n) is 9.66. The Morgan fingerprint density at radius 1 is 1.62 bits per heavy atom. The molecule has 0 aromatic carbocycles. The molecule has 90 valence electrons. The van der Waals surface area contributed by atoms with Crippen LogP contribution in [0.15, 0.2) is 12.3 Å². The summed E-state index contributed by atoms with van der Waals surface area (Å²) in [6.45, 7) is 5.16. The number of halogens is 1. The van der Waals surface area contributed by atoms with Gasteiger partial charge in [0.1, 0.15) is 5.69 Å². The van der Waals surface area contributed by atoms with Crippen LogP contribution in [-0.4, -0.2) is 23.1 Å². The zero-order chi connectivity index (χ0) is 12.1. The van der Waals surface area contributed by atoms with Crippen molar-refractivity contribution in [3.63, 3.8) is 0 Å². The van der Waals surface area contributed by atoms with E-state index in [-0.39, 0.29) is 11.9 Å². The second-order valence-electron chi connectivity index (χ2n) is 3.71. The van der Waals surface area contributed by atoms with Crippen LogP contribution in [-0.2, 0) is 6.54 Å². The standard InChI is InChI=1S/C11H18ClN3O/c1-3-9(13)6-14-11(16)10-5-8(12)7-15(10)4-2/h5,7,9H,3-4,6,13H2,1-2H3,(H,14,16). The second kappa shape index (κ2) is 5.92. The van der Waals surface area contributed by atoms with Gasteiger partial charge in [0.25, 0.3) is 5.91 Å². The summed E-state index contributed by atoms with van der Waals surface area (Å²) in [5.74, 6) is -0.127. The van der Waals surface area contributed by atoms with Gasteiger partial charge in [-0.2, -0.15) is 0 Å². The number of nitrogens with one attached hydrogen (secondary N) is 1. The first kappa shape index (κ1) is 13.1. The molecule has 0 saturated heterocycles. The summed E-state index contributed by atoms with van der Waals surface area (Å²) in [5, 5.41) is 3.37. The van der Waals surface area contributed by atoms with Crippen LogP contribution in [0.3, 0.4) is 0 Å². The molecular formula is C11H18ClN3O. The predicted molar refractivity (Wildman–Crippen MR) is 65.7 cm³/mol. The van der Waals surface area contributed by atoms with Crippen LogP contribution >= 0.6 is 11.6 Å². The monoisotopic (exact) mass is 243 g/mol. The molecule has 0 bridgehead atoms. The van der Waals surface area contributed by atoms with Crippen LogP contribution in [0.5, 0.6) is 0 Å². The average Bonchev–Trinajstić information content (AvgIpc) is 2.66. The number of hydrogen-bond acceptors (Lipinski definition) is 2. The van der Waals surface area contributed by atoms with Gasteiger partial charge in [0.2, 0.25) is 0 Å². The van der Waals surface area contributed by atoms with E-state index in [1.807, 2.05) is 18.4 Å². The molecule has 0 aliphatic carbocycles. The quantitative estimate of drug-likeness (QED) is 0.826. The molecule has 1 aromatic heterocycles. The Hall–Kier alpha value is -1.00. The summed E-state index contributed by atoms with van der Waals surface area (Å²) in [6.07, 6.45) is 2.59. The molecule has 1 heterocycles. The molecule has 5 heteroatoms. The number of carbonyl (C=O) groups excluding carboxylic acids is 1. The van der Waals surface area contributed by atoms with Gasteiger partial charge in [-0.1, -0.05) is 18.5 Å². The van der Waals surface area contributed by atoms with E-state index in [9.17, 15) is 4.79 Å². The maximum Gasteiger partial charge on any atom is 0.268 e. The molecule has 0 saturated carbocycles. The zero-order valence-corrected chi connectivity index (χ0v) is 10.4. The smallest absolute Gasteiger partial charge is 0.268 e. The third-order valence-electron chi connectivity index (χ3n) is 2.49. The molecule has 0 fully saturated rings. The molecule has 1 rings (SSSR count). The first-order valence-electron chi connectivity index (χ1n) is 5.47. The Balaban J connectivity index is 2.65. The third kappa shape index (κ3) is 3.25. The SMILES string of the molecule is CCC(N)CNC(=O)c1cc(Cl)cn1CC. The van der Waals surface area contributed by atoms with Crippen molar-refractivity contribution in [1.29, 1.82) is 0 Å². The molecule has 3 N–H and O–H groups in total. The van der Waals surface area contributed by atoms with Crippen LogP contribution in [0, 0.1) is 0 Å². The van der Waals surface area contributed by atoms with Gasteiger partial charge in [-0.05, 0) is 19.4 Å². The Kier molecular flexibility index (Phi) is 4.83. The number of nitrogens with zero attached hydrogens (tertiary/aromatic N) is 1. The molecule has 0 aliphatic heterocycles. The van der Waals surface area contributed by atoms with E-state index in [1.54, 1.807) is 12.3 Å². The molecule has 0 radical (unpaired) electrons. The largest absolute Gasteiger partial charge is 0.349 e. The van der Waals surface area contributed by atoms with Gasteiger partial charge in [0, 0.05) is 25.3 Å². The number of hydrogen-bond donors (Lipinski definition) is 2. The Morgan fingerprint density at radius 2 is 2.31 bits per heavy atom. The van der Waals surface area contributed by atoms with E-state index in [4.69, 9.17) is 17.3 Å². The normalized spacial score (nSPS) is 12.5. The summed E-state index contributed by atoms with van der Waals surface area (Å²) < 4.78 is 1.81. The van der Waals surface area contributed by atoms with Gasteiger partial charge in [0.05, 0.1) is 5.02 Å². The second-order valence-corrected chi connectivity index (χ2v) is 4.14. The van der Waals surface area contributed by atoms with Crippen LogP contribution in [0.2, 0.25) is 5.02 Å². The highest BCUT2D eigenvalue weighted by Gasteiger charge is 2.12. The van der Waals surface area contributed by atoms with Crippen molar-refractivity contribution in [1.82, 2.24) is 9.88 Å². The highest BCUT2D eigenvalue weighted by Crippen LogP contribution is 2.13. The van der Waals surface area contributed by atoms with Crippen molar-refractivity contribution < 1.29 is 4.79 Å². The Morgan fingerprint density at radius 3 is 2.88 bits per heavy atom. The van der Waals surface area contributed by atoms with Crippen LogP contribution in [0.4, 0.5) is 0 Å². The molecule has 16 heavy (non-hydrogen) atoms. The number of nitrogens with two attached hydrogens (primary N) is 1. The minimum absolute atomic E-state index is 0.00413. The fraction of sp³-hybridized carbons (Fsp3) is 0.545. The number of aryl methyl sites for hydroxylation is 1. The topological polar surface area (TPSA) is 60.0 Å². The van der Waals surface area contributed by atoms with Gasteiger partial charge >= 0.3 is 0 Å². The van der Waals surface area contributed by atoms with Gasteiger partial charge in [-0.15, -0.1) is 0 Å². The summed E-state index contributed by atoms with van der Waals surface area (Å²) in [7, 11) is 0. The van der Waals surface area contributed by atoms with Gasteiger partial charge in [-0.3, -0.25) is 4.79 Å². The number of carbonyl (C=O) groups is 1. The van der Waals surface area contributed by atoms with E-state index >= 15 is 0 Å². The van der Waals surface area contributed by atoms with Crippen molar-refractivity contribution in [2.24, 2.45) is 5.73 Å². The highest BCUT2D eigenvalue weighted by molar-refractivity contribution is 6.31. The molecular weight excluding hydrogens is 226 g/mol. The lowest BCUT2D eigenvalue weighted by atomic mass is 10.2. The molecule has 0 spiro atoms. The lowest BCUT2D eigenvalue weighted by Crippen LogP contribution is -2.37. The first-order chi connectivity index (χ1) is 7.58. The van der Waals surface area contributed by atoms with Crippen LogP contribution in [0.25, 0.3) is 0 Å². The first-order valence-corrected chi connectivity index (χ1v) is 5.85. The summed E-state index contributed by atoms with van der Waals surface area (Å²) in [5.41, 5.74) is 6.31. The van der Waals surface area contributed by atoms with E-state index in [0.717, 1.165) is 13.0 Å². The van der Waals surface area contributed by atoms with Gasteiger partial charge in [-0.25, -0.2) is 0 Å². The van der Waals surface area contributed by atoms with Crippen LogP contribution in [0.1, 0.15) is 30.8 Å². The predicted octanol–water partition coefficient (Wildman–Crippen LogP) is 1.63. The van der Waals surface area contributed by atoms with Crippen molar-refractivity contribution in [3.8, 4) is 0 Å². The minimum Gasteiger partial charge on any atom is -0.349 e. The van der Waals surface area contributed by atoms with Crippen molar-refractivity contribution in [3.05, 3.63) is 23.0 Å². The number of amides is 1. The van der Waals surface area contributed by atoms with Crippen LogP contribution < -0.4 is 11.1 Å². The molecule has 1 atom stereocenters. The summed E-state index contributed by atoms with van der Waals surface area (Å²) in [4.78, 5) is 11.8. The Bertz CT molecular complexity index is 362. The lowest BCUT2D eigenvalue weighted by molar-refractivity contribution is 0.0942. The Labute approximate surface area is 101 Å². The van der Waals surface area contributed by atoms with Crippen molar-refractivity contribution >= 4 is 17.5 Å². The fourth-order valence-electron chi connectivity index (χ4n) is 1.39. The highest BCUT2D eigenvalue weighted by atomic mass is 35.5. The van der Waals surface area contributed by atoms with E-state index in [0.29, 0.717) is 17.3 Å². The van der Waals surface area contributed by atoms with E-state index in [1.165, 1.54) is 0 Å². The molecule has 1 aromatic rings. The van der Waals surface area contributed by atoms with Crippen molar-refractivity contribution in [2.75, 3.05) is 6.54 Å². The average molecular weight is 244 g/mol.